The van der Waals surface area contributed by atoms with Gasteiger partial charge < -0.3 is 9.29 Å². The first kappa shape index (κ1) is 21.0. The van der Waals surface area contributed by atoms with Crippen molar-refractivity contribution in [3.63, 3.8) is 0 Å². The molecule has 0 saturated carbocycles. The Kier molecular flexibility index (Phi) is 5.67. The van der Waals surface area contributed by atoms with E-state index in [0.29, 0.717) is 5.71 Å². The topological polar surface area (TPSA) is 44.7 Å². The number of ether oxygens (including phenoxy) is 1. The largest absolute Gasteiger partial charge is 0.591 e. The van der Waals surface area contributed by atoms with Crippen LogP contribution in [0.15, 0.2) is 40.8 Å². The van der Waals surface area contributed by atoms with Gasteiger partial charge in [0, 0.05) is 25.7 Å². The van der Waals surface area contributed by atoms with Crippen LogP contribution in [0.5, 0.6) is 5.75 Å². The van der Waals surface area contributed by atoms with E-state index in [1.165, 1.54) is 0 Å². The maximum atomic E-state index is 12.4. The lowest BCUT2D eigenvalue weighted by molar-refractivity contribution is -0.153. The molecule has 0 N–H and O–H groups in total. The number of thiophene rings is 1. The number of rotatable bonds is 4. The van der Waals surface area contributed by atoms with Gasteiger partial charge in [0.25, 0.3) is 0 Å². The predicted molar refractivity (Wildman–Crippen MR) is 111 cm³/mol. The monoisotopic (exact) mass is 427 g/mol. The molecular formula is C20H20F3NO2S2. The van der Waals surface area contributed by atoms with Gasteiger partial charge in [0.2, 0.25) is 0 Å². The van der Waals surface area contributed by atoms with Crippen molar-refractivity contribution in [2.45, 2.75) is 38.6 Å². The van der Waals surface area contributed by atoms with Gasteiger partial charge in [-0.15, -0.1) is 11.3 Å². The van der Waals surface area contributed by atoms with Crippen molar-refractivity contribution < 1.29 is 22.5 Å². The van der Waals surface area contributed by atoms with Gasteiger partial charge in [-0.2, -0.15) is 13.2 Å². The van der Waals surface area contributed by atoms with E-state index in [1.54, 1.807) is 36.5 Å². The molecular weight excluding hydrogens is 407 g/mol. The molecule has 1 unspecified atom stereocenters. The standard InChI is InChI=1S/C20H20F3NO2S2/c1-12(24-28(25)19(2,3)4)13-5-7-17-15(9-13)16-10-14(6-8-18(16)27-17)26-11-20(21,22)23/h5-10H,11H2,1-4H3/b24-12+. The van der Waals surface area contributed by atoms with Gasteiger partial charge >= 0.3 is 6.18 Å². The lowest BCUT2D eigenvalue weighted by Crippen LogP contribution is -2.26. The number of benzene rings is 2. The summed E-state index contributed by atoms with van der Waals surface area (Å²) in [7, 11) is 0. The number of hydrogen-bond donors (Lipinski definition) is 0. The fraction of sp³-hybridized carbons (Fsp3) is 0.350. The highest BCUT2D eigenvalue weighted by Crippen LogP contribution is 2.37. The highest BCUT2D eigenvalue weighted by molar-refractivity contribution is 7.91. The van der Waals surface area contributed by atoms with Crippen molar-refractivity contribution in [2.24, 2.45) is 4.40 Å². The summed E-state index contributed by atoms with van der Waals surface area (Å²) in [5, 5.41) is 1.73. The van der Waals surface area contributed by atoms with Gasteiger partial charge in [0.05, 0.1) is 5.71 Å². The highest BCUT2D eigenvalue weighted by atomic mass is 32.2. The molecule has 28 heavy (non-hydrogen) atoms. The molecule has 0 aliphatic carbocycles. The molecule has 2 aromatic carbocycles. The quantitative estimate of drug-likeness (QED) is 0.364. The van der Waals surface area contributed by atoms with Crippen molar-refractivity contribution in [3.05, 3.63) is 42.0 Å². The number of fused-ring (bicyclic) bond motifs is 3. The van der Waals surface area contributed by atoms with E-state index in [2.05, 4.69) is 4.40 Å². The third-order valence-electron chi connectivity index (χ3n) is 4.00. The second kappa shape index (κ2) is 7.57. The molecule has 0 aliphatic rings. The van der Waals surface area contributed by atoms with Crippen LogP contribution in [0.25, 0.3) is 20.2 Å². The van der Waals surface area contributed by atoms with E-state index in [4.69, 9.17) is 4.74 Å². The van der Waals surface area contributed by atoms with Gasteiger partial charge in [0.1, 0.15) is 21.9 Å². The molecule has 8 heteroatoms. The summed E-state index contributed by atoms with van der Waals surface area (Å²) in [6.45, 7) is 6.06. The number of hydrogen-bond acceptors (Lipinski definition) is 4. The maximum absolute atomic E-state index is 12.4. The fourth-order valence-electron chi connectivity index (χ4n) is 2.55. The van der Waals surface area contributed by atoms with Crippen LogP contribution in [0.2, 0.25) is 0 Å². The van der Waals surface area contributed by atoms with Crippen molar-refractivity contribution in [3.8, 4) is 5.75 Å². The van der Waals surface area contributed by atoms with Crippen LogP contribution in [0, 0.1) is 0 Å². The summed E-state index contributed by atoms with van der Waals surface area (Å²) in [4.78, 5) is 0. The summed E-state index contributed by atoms with van der Waals surface area (Å²) < 4.78 is 60.2. The Morgan fingerprint density at radius 2 is 1.68 bits per heavy atom. The first-order valence-electron chi connectivity index (χ1n) is 8.57. The smallest absolute Gasteiger partial charge is 0.422 e. The molecule has 0 spiro atoms. The molecule has 3 rings (SSSR count). The molecule has 3 aromatic rings. The minimum absolute atomic E-state index is 0.175. The third kappa shape index (κ3) is 4.79. The summed E-state index contributed by atoms with van der Waals surface area (Å²) in [6.07, 6.45) is -4.38. The Labute approximate surface area is 168 Å². The molecule has 0 aliphatic heterocycles. The van der Waals surface area contributed by atoms with Crippen LogP contribution in [0.3, 0.4) is 0 Å². The lowest BCUT2D eigenvalue weighted by Gasteiger charge is -2.18. The molecule has 1 aromatic heterocycles. The molecule has 3 nitrogen and oxygen atoms in total. The Bertz CT molecular complexity index is 1040. The number of nitrogens with zero attached hydrogens (tertiary/aromatic N) is 1. The van der Waals surface area contributed by atoms with E-state index in [1.807, 2.05) is 39.0 Å². The van der Waals surface area contributed by atoms with Crippen LogP contribution < -0.4 is 4.74 Å². The van der Waals surface area contributed by atoms with Crippen LogP contribution in [0.1, 0.15) is 33.3 Å². The molecule has 0 fully saturated rings. The normalized spacial score (nSPS) is 14.6. The van der Waals surface area contributed by atoms with Crippen molar-refractivity contribution in [1.29, 1.82) is 0 Å². The Balaban J connectivity index is 2.00. The van der Waals surface area contributed by atoms with Gasteiger partial charge in [-0.05, 0) is 58.0 Å². The SMILES string of the molecule is C/C(=N\[S+]([O-])C(C)(C)C)c1ccc2sc3ccc(OCC(F)(F)F)cc3c2c1. The van der Waals surface area contributed by atoms with Crippen LogP contribution >= 0.6 is 11.3 Å². The summed E-state index contributed by atoms with van der Waals surface area (Å²) in [5.74, 6) is 0.175. The fourth-order valence-corrected chi connectivity index (χ4v) is 4.25. The van der Waals surface area contributed by atoms with Gasteiger partial charge in [-0.3, -0.25) is 0 Å². The third-order valence-corrected chi connectivity index (χ3v) is 6.64. The van der Waals surface area contributed by atoms with E-state index in [9.17, 15) is 17.7 Å². The van der Waals surface area contributed by atoms with Crippen molar-refractivity contribution in [2.75, 3.05) is 6.61 Å². The molecule has 150 valence electrons. The summed E-state index contributed by atoms with van der Waals surface area (Å²) >= 11 is 0.185. The molecule has 0 bridgehead atoms. The molecule has 0 radical (unpaired) electrons. The van der Waals surface area contributed by atoms with E-state index >= 15 is 0 Å². The molecule has 1 heterocycles. The van der Waals surface area contributed by atoms with Crippen molar-refractivity contribution in [1.82, 2.24) is 0 Å². The zero-order valence-corrected chi connectivity index (χ0v) is 17.5. The highest BCUT2D eigenvalue weighted by Gasteiger charge is 2.28. The average Bonchev–Trinajstić information content (AvgIpc) is 2.95. The Morgan fingerprint density at radius 3 is 2.29 bits per heavy atom. The molecule has 0 saturated heterocycles. The summed E-state index contributed by atoms with van der Waals surface area (Å²) in [5.41, 5.74) is 1.48. The van der Waals surface area contributed by atoms with E-state index in [0.717, 1.165) is 25.7 Å². The first-order valence-corrected chi connectivity index (χ1v) is 10.5. The van der Waals surface area contributed by atoms with Gasteiger partial charge in [-0.1, -0.05) is 10.5 Å². The summed E-state index contributed by atoms with van der Waals surface area (Å²) in [6, 6.07) is 10.7. The maximum Gasteiger partial charge on any atom is 0.422 e. The minimum Gasteiger partial charge on any atom is -0.591 e. The minimum atomic E-state index is -4.38. The lowest BCUT2D eigenvalue weighted by atomic mass is 10.1. The van der Waals surface area contributed by atoms with Crippen LogP contribution in [-0.4, -0.2) is 27.8 Å². The van der Waals surface area contributed by atoms with Crippen LogP contribution in [0.4, 0.5) is 13.2 Å². The molecule has 1 atom stereocenters. The van der Waals surface area contributed by atoms with Gasteiger partial charge in [0.15, 0.2) is 6.61 Å². The zero-order valence-electron chi connectivity index (χ0n) is 15.9. The van der Waals surface area contributed by atoms with E-state index in [-0.39, 0.29) is 5.75 Å². The number of alkyl halides is 3. The Morgan fingerprint density at radius 1 is 1.07 bits per heavy atom. The Hall–Kier alpha value is -1.77. The van der Waals surface area contributed by atoms with Gasteiger partial charge in [-0.25, -0.2) is 0 Å². The zero-order chi connectivity index (χ0) is 20.7. The average molecular weight is 428 g/mol. The predicted octanol–water partition coefficient (Wildman–Crippen LogP) is 6.27. The first-order chi connectivity index (χ1) is 12.9. The number of halogens is 3. The van der Waals surface area contributed by atoms with Crippen LogP contribution in [-0.2, 0) is 11.4 Å². The second-order valence-corrected chi connectivity index (χ2v) is 10.4. The van der Waals surface area contributed by atoms with Crippen molar-refractivity contribution >= 4 is 48.6 Å². The second-order valence-electron chi connectivity index (χ2n) is 7.41. The molecule has 0 amide bonds. The van der Waals surface area contributed by atoms with E-state index < -0.39 is 28.9 Å².